The molecule has 0 saturated carbocycles. The van der Waals surface area contributed by atoms with E-state index in [-0.39, 0.29) is 5.91 Å². The maximum atomic E-state index is 10.8. The average molecular weight is 230 g/mol. The van der Waals surface area contributed by atoms with E-state index in [0.717, 1.165) is 32.5 Å². The third-order valence-electron chi connectivity index (χ3n) is 2.50. The van der Waals surface area contributed by atoms with Crippen LogP contribution in [0.4, 0.5) is 0 Å². The monoisotopic (exact) mass is 230 g/mol. The van der Waals surface area contributed by atoms with Crippen molar-refractivity contribution in [3.05, 3.63) is 0 Å². The lowest BCUT2D eigenvalue weighted by Gasteiger charge is -2.04. The molecule has 3 N–H and O–H groups in total. The Hall–Kier alpha value is -0.610. The smallest absolute Gasteiger partial charge is 0.233 e. The lowest BCUT2D eigenvalue weighted by molar-refractivity contribution is -0.121. The number of nitrogens with one attached hydrogen (secondary N) is 1. The van der Waals surface area contributed by atoms with Gasteiger partial charge in [-0.15, -0.1) is 0 Å². The number of hydrazine groups is 1. The van der Waals surface area contributed by atoms with Crippen LogP contribution in [0.5, 0.6) is 0 Å². The van der Waals surface area contributed by atoms with Crippen molar-refractivity contribution in [1.29, 1.82) is 0 Å². The zero-order valence-electron chi connectivity index (χ0n) is 10.5. The molecular formula is C12H26N2O2. The van der Waals surface area contributed by atoms with Crippen LogP contribution in [0.3, 0.4) is 0 Å². The summed E-state index contributed by atoms with van der Waals surface area (Å²) in [4.78, 5) is 10.8. The van der Waals surface area contributed by atoms with Crippen LogP contribution in [-0.4, -0.2) is 19.1 Å². The highest BCUT2D eigenvalue weighted by molar-refractivity contribution is 5.74. The van der Waals surface area contributed by atoms with Gasteiger partial charge in [-0.05, 0) is 19.3 Å². The fraction of sp³-hybridized carbons (Fsp3) is 0.917. The first-order valence-electron chi connectivity index (χ1n) is 6.38. The fourth-order valence-corrected chi connectivity index (χ4v) is 1.47. The first kappa shape index (κ1) is 15.4. The molecule has 0 aliphatic rings. The molecule has 0 aromatic carbocycles. The molecule has 0 aliphatic carbocycles. The van der Waals surface area contributed by atoms with Gasteiger partial charge in [0.05, 0.1) is 0 Å². The molecule has 0 aliphatic heterocycles. The Morgan fingerprint density at radius 3 is 2.31 bits per heavy atom. The Balaban J connectivity index is 2.96. The summed E-state index contributed by atoms with van der Waals surface area (Å²) in [7, 11) is 0. The van der Waals surface area contributed by atoms with Gasteiger partial charge in [-0.1, -0.05) is 32.6 Å². The van der Waals surface area contributed by atoms with E-state index in [1.807, 2.05) is 0 Å². The van der Waals surface area contributed by atoms with E-state index in [1.165, 1.54) is 25.7 Å². The summed E-state index contributed by atoms with van der Waals surface area (Å²) in [6, 6.07) is 0. The summed E-state index contributed by atoms with van der Waals surface area (Å²) in [5.74, 6) is 4.86. The average Bonchev–Trinajstić information content (AvgIpc) is 2.31. The summed E-state index contributed by atoms with van der Waals surface area (Å²) < 4.78 is 5.47. The van der Waals surface area contributed by atoms with Gasteiger partial charge >= 0.3 is 0 Å². The van der Waals surface area contributed by atoms with Gasteiger partial charge in [0.2, 0.25) is 5.91 Å². The van der Waals surface area contributed by atoms with Crippen LogP contribution in [0.25, 0.3) is 0 Å². The van der Waals surface area contributed by atoms with Crippen LogP contribution in [0, 0.1) is 0 Å². The quantitative estimate of drug-likeness (QED) is 0.247. The Morgan fingerprint density at radius 1 is 1.06 bits per heavy atom. The predicted octanol–water partition coefficient (Wildman–Crippen LogP) is 2.13. The normalized spacial score (nSPS) is 10.4. The Morgan fingerprint density at radius 2 is 1.69 bits per heavy atom. The van der Waals surface area contributed by atoms with E-state index in [0.29, 0.717) is 6.42 Å². The molecule has 1 amide bonds. The maximum Gasteiger partial charge on any atom is 0.233 e. The summed E-state index contributed by atoms with van der Waals surface area (Å²) in [5.41, 5.74) is 2.12. The van der Waals surface area contributed by atoms with Gasteiger partial charge < -0.3 is 4.74 Å². The largest absolute Gasteiger partial charge is 0.381 e. The maximum absolute atomic E-state index is 10.8. The highest BCUT2D eigenvalue weighted by Crippen LogP contribution is 2.03. The van der Waals surface area contributed by atoms with Gasteiger partial charge in [0.1, 0.15) is 0 Å². The summed E-state index contributed by atoms with van der Waals surface area (Å²) in [5, 5.41) is 0. The molecule has 0 fully saturated rings. The third kappa shape index (κ3) is 11.5. The first-order chi connectivity index (χ1) is 7.81. The van der Waals surface area contributed by atoms with Crippen molar-refractivity contribution in [3.8, 4) is 0 Å². The molecule has 0 aromatic rings. The van der Waals surface area contributed by atoms with E-state index in [2.05, 4.69) is 12.3 Å². The van der Waals surface area contributed by atoms with Gasteiger partial charge in [-0.3, -0.25) is 10.2 Å². The standard InChI is InChI=1S/C12H26N2O2/c1-2-3-4-5-7-10-16-11-8-6-9-12(15)14-13/h2-11,13H2,1H3,(H,14,15). The van der Waals surface area contributed by atoms with Crippen molar-refractivity contribution in [1.82, 2.24) is 5.43 Å². The zero-order valence-corrected chi connectivity index (χ0v) is 10.5. The number of rotatable bonds is 11. The van der Waals surface area contributed by atoms with Crippen molar-refractivity contribution >= 4 is 5.91 Å². The number of amides is 1. The highest BCUT2D eigenvalue weighted by Gasteiger charge is 1.97. The minimum absolute atomic E-state index is 0.0976. The van der Waals surface area contributed by atoms with E-state index >= 15 is 0 Å². The van der Waals surface area contributed by atoms with E-state index < -0.39 is 0 Å². The number of ether oxygens (including phenoxy) is 1. The van der Waals surface area contributed by atoms with Gasteiger partial charge in [0.15, 0.2) is 0 Å². The number of nitrogens with two attached hydrogens (primary N) is 1. The van der Waals surface area contributed by atoms with E-state index in [1.54, 1.807) is 0 Å². The summed E-state index contributed by atoms with van der Waals surface area (Å²) in [6.07, 6.45) is 8.62. The minimum Gasteiger partial charge on any atom is -0.381 e. The van der Waals surface area contributed by atoms with E-state index in [9.17, 15) is 4.79 Å². The Bertz CT molecular complexity index is 163. The Kier molecular flexibility index (Phi) is 12.0. The molecule has 0 unspecified atom stereocenters. The molecule has 0 rings (SSSR count). The van der Waals surface area contributed by atoms with Crippen LogP contribution in [-0.2, 0) is 9.53 Å². The van der Waals surface area contributed by atoms with Crippen molar-refractivity contribution in [2.24, 2.45) is 5.84 Å². The number of hydrogen-bond donors (Lipinski definition) is 2. The number of unbranched alkanes of at least 4 members (excludes halogenated alkanes) is 5. The van der Waals surface area contributed by atoms with Gasteiger partial charge in [-0.25, -0.2) is 5.84 Å². The lowest BCUT2D eigenvalue weighted by Crippen LogP contribution is -2.29. The molecule has 16 heavy (non-hydrogen) atoms. The van der Waals surface area contributed by atoms with Crippen LogP contribution in [0.1, 0.15) is 58.3 Å². The third-order valence-corrected chi connectivity index (χ3v) is 2.50. The second-order valence-electron chi connectivity index (χ2n) is 4.05. The fourth-order valence-electron chi connectivity index (χ4n) is 1.47. The minimum atomic E-state index is -0.0976. The van der Waals surface area contributed by atoms with Crippen LogP contribution in [0.15, 0.2) is 0 Å². The molecule has 0 bridgehead atoms. The summed E-state index contributed by atoms with van der Waals surface area (Å²) in [6.45, 7) is 3.83. The molecule has 0 saturated heterocycles. The lowest BCUT2D eigenvalue weighted by atomic mass is 10.2. The SMILES string of the molecule is CCCCCCCOCCCCC(=O)NN. The molecular weight excluding hydrogens is 204 g/mol. The van der Waals surface area contributed by atoms with Crippen molar-refractivity contribution in [2.75, 3.05) is 13.2 Å². The zero-order chi connectivity index (χ0) is 12.1. The van der Waals surface area contributed by atoms with Crippen LogP contribution < -0.4 is 11.3 Å². The highest BCUT2D eigenvalue weighted by atomic mass is 16.5. The number of carbonyl (C=O) groups excluding carboxylic acids is 1. The molecule has 0 atom stereocenters. The molecule has 0 radical (unpaired) electrons. The molecule has 96 valence electrons. The Labute approximate surface area is 98.9 Å². The first-order valence-corrected chi connectivity index (χ1v) is 6.38. The van der Waals surface area contributed by atoms with Crippen molar-refractivity contribution in [2.45, 2.75) is 58.3 Å². The number of carbonyl (C=O) groups is 1. The van der Waals surface area contributed by atoms with Crippen molar-refractivity contribution < 1.29 is 9.53 Å². The molecule has 0 spiro atoms. The number of hydrogen-bond acceptors (Lipinski definition) is 3. The predicted molar refractivity (Wildman–Crippen MR) is 65.8 cm³/mol. The molecule has 4 heteroatoms. The van der Waals surface area contributed by atoms with Crippen LogP contribution in [0.2, 0.25) is 0 Å². The molecule has 4 nitrogen and oxygen atoms in total. The van der Waals surface area contributed by atoms with Crippen molar-refractivity contribution in [3.63, 3.8) is 0 Å². The van der Waals surface area contributed by atoms with Gasteiger partial charge in [-0.2, -0.15) is 0 Å². The van der Waals surface area contributed by atoms with Gasteiger partial charge in [0, 0.05) is 19.6 Å². The van der Waals surface area contributed by atoms with Crippen LogP contribution >= 0.6 is 0 Å². The second kappa shape index (κ2) is 12.5. The van der Waals surface area contributed by atoms with E-state index in [4.69, 9.17) is 10.6 Å². The topological polar surface area (TPSA) is 64.3 Å². The summed E-state index contributed by atoms with van der Waals surface area (Å²) >= 11 is 0. The van der Waals surface area contributed by atoms with Gasteiger partial charge in [0.25, 0.3) is 0 Å². The molecule has 0 aromatic heterocycles. The second-order valence-corrected chi connectivity index (χ2v) is 4.05. The molecule has 0 heterocycles.